The topological polar surface area (TPSA) is 67.0 Å². The molecule has 17 heavy (non-hydrogen) atoms. The van der Waals surface area contributed by atoms with Crippen LogP contribution in [0, 0.1) is 0 Å². The van der Waals surface area contributed by atoms with Crippen molar-refractivity contribution >= 4 is 17.1 Å². The second-order valence-corrected chi connectivity index (χ2v) is 4.18. The Bertz CT molecular complexity index is 516. The van der Waals surface area contributed by atoms with Crippen molar-refractivity contribution in [3.8, 4) is 0 Å². The van der Waals surface area contributed by atoms with Crippen molar-refractivity contribution in [3.05, 3.63) is 30.1 Å². The number of carbonyl (C=O) groups is 1. The van der Waals surface area contributed by atoms with E-state index in [0.717, 1.165) is 29.7 Å². The Balaban J connectivity index is 1.66. The summed E-state index contributed by atoms with van der Waals surface area (Å²) in [6.07, 6.45) is 1.33. The monoisotopic (exact) mass is 231 g/mol. The molecule has 5 nitrogen and oxygen atoms in total. The molecule has 1 atom stereocenters. The number of nitrogens with zero attached hydrogens (tertiary/aromatic N) is 1. The first-order valence-corrected chi connectivity index (χ1v) is 5.68. The number of imidazole rings is 1. The molecule has 1 aromatic carbocycles. The van der Waals surface area contributed by atoms with Gasteiger partial charge in [-0.25, -0.2) is 9.78 Å². The summed E-state index contributed by atoms with van der Waals surface area (Å²) in [5.74, 6) is 0.951. The summed E-state index contributed by atoms with van der Waals surface area (Å²) in [6.45, 7) is 0.457. The van der Waals surface area contributed by atoms with Crippen LogP contribution in [0.5, 0.6) is 0 Å². The molecular formula is C12H13N3O2. The van der Waals surface area contributed by atoms with E-state index in [0.29, 0.717) is 6.61 Å². The molecule has 1 aliphatic rings. The van der Waals surface area contributed by atoms with Gasteiger partial charge in [-0.3, -0.25) is 0 Å². The van der Waals surface area contributed by atoms with Crippen molar-refractivity contribution in [3.63, 3.8) is 0 Å². The van der Waals surface area contributed by atoms with Crippen LogP contribution in [0.3, 0.4) is 0 Å². The van der Waals surface area contributed by atoms with Gasteiger partial charge in [-0.2, -0.15) is 0 Å². The van der Waals surface area contributed by atoms with Crippen LogP contribution in [-0.4, -0.2) is 28.7 Å². The lowest BCUT2D eigenvalue weighted by Crippen LogP contribution is -2.26. The highest BCUT2D eigenvalue weighted by atomic mass is 16.6. The van der Waals surface area contributed by atoms with E-state index < -0.39 is 0 Å². The smallest absolute Gasteiger partial charge is 0.407 e. The third-order valence-electron chi connectivity index (χ3n) is 2.91. The van der Waals surface area contributed by atoms with Gasteiger partial charge < -0.3 is 15.0 Å². The molecule has 0 aliphatic carbocycles. The molecule has 1 aliphatic heterocycles. The molecular weight excluding hydrogens is 218 g/mol. The van der Waals surface area contributed by atoms with Crippen LogP contribution < -0.4 is 5.32 Å². The number of amides is 1. The number of para-hydroxylation sites is 2. The number of ether oxygens (including phenoxy) is 1. The Morgan fingerprint density at radius 1 is 1.41 bits per heavy atom. The summed E-state index contributed by atoms with van der Waals surface area (Å²) in [5, 5.41) is 2.76. The number of aromatic nitrogens is 2. The maximum absolute atomic E-state index is 10.8. The number of fused-ring (bicyclic) bond motifs is 1. The highest BCUT2D eigenvalue weighted by molar-refractivity contribution is 5.74. The zero-order chi connectivity index (χ0) is 11.7. The average Bonchev–Trinajstić information content (AvgIpc) is 2.91. The summed E-state index contributed by atoms with van der Waals surface area (Å²) >= 11 is 0. The van der Waals surface area contributed by atoms with Gasteiger partial charge in [0.2, 0.25) is 0 Å². The number of rotatable bonds is 3. The van der Waals surface area contributed by atoms with Crippen LogP contribution in [-0.2, 0) is 11.2 Å². The molecule has 0 spiro atoms. The Kier molecular flexibility index (Phi) is 2.44. The summed E-state index contributed by atoms with van der Waals surface area (Å²) < 4.78 is 4.83. The summed E-state index contributed by atoms with van der Waals surface area (Å²) in [7, 11) is 0. The Hall–Kier alpha value is -2.04. The summed E-state index contributed by atoms with van der Waals surface area (Å²) in [4.78, 5) is 18.6. The van der Waals surface area contributed by atoms with Crippen molar-refractivity contribution in [2.24, 2.45) is 0 Å². The number of alkyl carbamates (subject to hydrolysis) is 1. The molecule has 1 fully saturated rings. The minimum atomic E-state index is -0.320. The number of benzene rings is 1. The van der Waals surface area contributed by atoms with E-state index >= 15 is 0 Å². The fourth-order valence-electron chi connectivity index (χ4n) is 2.02. The molecule has 1 amide bonds. The highest BCUT2D eigenvalue weighted by Gasteiger charge is 2.21. The predicted octanol–water partition coefficient (Wildman–Crippen LogP) is 1.60. The zero-order valence-corrected chi connectivity index (χ0v) is 9.27. The minimum absolute atomic E-state index is 0.107. The third-order valence-corrected chi connectivity index (χ3v) is 2.91. The van der Waals surface area contributed by atoms with Gasteiger partial charge in [0.05, 0.1) is 17.1 Å². The maximum Gasteiger partial charge on any atom is 0.407 e. The van der Waals surface area contributed by atoms with Gasteiger partial charge >= 0.3 is 6.09 Å². The second kappa shape index (κ2) is 4.08. The van der Waals surface area contributed by atoms with Crippen LogP contribution in [0.1, 0.15) is 12.2 Å². The van der Waals surface area contributed by atoms with Crippen LogP contribution >= 0.6 is 0 Å². The lowest BCUT2D eigenvalue weighted by atomic mass is 10.2. The molecule has 0 radical (unpaired) electrons. The molecule has 0 saturated carbocycles. The van der Waals surface area contributed by atoms with E-state index in [1.165, 1.54) is 0 Å². The third kappa shape index (κ3) is 2.08. The maximum atomic E-state index is 10.8. The van der Waals surface area contributed by atoms with Gasteiger partial charge in [0.25, 0.3) is 0 Å². The Labute approximate surface area is 98.2 Å². The van der Waals surface area contributed by atoms with Gasteiger partial charge in [0, 0.05) is 6.42 Å². The number of cyclic esters (lactones) is 1. The number of hydrogen-bond acceptors (Lipinski definition) is 3. The van der Waals surface area contributed by atoms with E-state index in [2.05, 4.69) is 15.3 Å². The van der Waals surface area contributed by atoms with Crippen molar-refractivity contribution in [2.45, 2.75) is 18.9 Å². The Morgan fingerprint density at radius 3 is 3.06 bits per heavy atom. The summed E-state index contributed by atoms with van der Waals surface area (Å²) in [6, 6.07) is 8.05. The molecule has 1 unspecified atom stereocenters. The standard InChI is InChI=1S/C12H13N3O2/c16-12-13-8(7-17-12)5-6-11-14-9-3-1-2-4-10(9)15-11/h1-4,8H,5-7H2,(H,13,16)(H,14,15). The SMILES string of the molecule is O=C1NC(CCc2nc3ccccc3[nH]2)CO1. The van der Waals surface area contributed by atoms with Gasteiger partial charge in [-0.15, -0.1) is 0 Å². The molecule has 2 N–H and O–H groups in total. The van der Waals surface area contributed by atoms with Gasteiger partial charge in [0.1, 0.15) is 12.4 Å². The number of aromatic amines is 1. The first kappa shape index (κ1) is 10.1. The number of hydrogen-bond donors (Lipinski definition) is 2. The molecule has 2 aromatic rings. The van der Waals surface area contributed by atoms with Crippen LogP contribution in [0.4, 0.5) is 4.79 Å². The number of nitrogens with one attached hydrogen (secondary N) is 2. The molecule has 5 heteroatoms. The van der Waals surface area contributed by atoms with Gasteiger partial charge in [-0.1, -0.05) is 12.1 Å². The molecule has 88 valence electrons. The van der Waals surface area contributed by atoms with E-state index in [-0.39, 0.29) is 12.1 Å². The molecule has 3 rings (SSSR count). The molecule has 1 aromatic heterocycles. The lowest BCUT2D eigenvalue weighted by Gasteiger charge is -2.04. The number of aryl methyl sites for hydroxylation is 1. The summed E-state index contributed by atoms with van der Waals surface area (Å²) in [5.41, 5.74) is 2.03. The molecule has 0 bridgehead atoms. The van der Waals surface area contributed by atoms with Crippen LogP contribution in [0.25, 0.3) is 11.0 Å². The zero-order valence-electron chi connectivity index (χ0n) is 9.27. The van der Waals surface area contributed by atoms with E-state index in [9.17, 15) is 4.79 Å². The van der Waals surface area contributed by atoms with E-state index in [4.69, 9.17) is 4.74 Å². The normalized spacial score (nSPS) is 19.3. The largest absolute Gasteiger partial charge is 0.447 e. The highest BCUT2D eigenvalue weighted by Crippen LogP contribution is 2.12. The predicted molar refractivity (Wildman–Crippen MR) is 62.7 cm³/mol. The van der Waals surface area contributed by atoms with Gasteiger partial charge in [0.15, 0.2) is 0 Å². The van der Waals surface area contributed by atoms with E-state index in [1.807, 2.05) is 24.3 Å². The number of carbonyl (C=O) groups excluding carboxylic acids is 1. The quantitative estimate of drug-likeness (QED) is 0.843. The number of H-pyrrole nitrogens is 1. The minimum Gasteiger partial charge on any atom is -0.447 e. The lowest BCUT2D eigenvalue weighted by molar-refractivity contribution is 0.176. The van der Waals surface area contributed by atoms with E-state index in [1.54, 1.807) is 0 Å². The van der Waals surface area contributed by atoms with Crippen LogP contribution in [0.2, 0.25) is 0 Å². The first-order chi connectivity index (χ1) is 8.31. The molecule has 1 saturated heterocycles. The first-order valence-electron chi connectivity index (χ1n) is 5.68. The van der Waals surface area contributed by atoms with Gasteiger partial charge in [-0.05, 0) is 18.6 Å². The van der Waals surface area contributed by atoms with Crippen LogP contribution in [0.15, 0.2) is 24.3 Å². The van der Waals surface area contributed by atoms with Crippen molar-refractivity contribution < 1.29 is 9.53 Å². The Morgan fingerprint density at radius 2 is 2.29 bits per heavy atom. The second-order valence-electron chi connectivity index (χ2n) is 4.18. The molecule has 2 heterocycles. The fourth-order valence-corrected chi connectivity index (χ4v) is 2.02. The fraction of sp³-hybridized carbons (Fsp3) is 0.333. The van der Waals surface area contributed by atoms with Crippen molar-refractivity contribution in [1.82, 2.24) is 15.3 Å². The van der Waals surface area contributed by atoms with Crippen molar-refractivity contribution in [1.29, 1.82) is 0 Å². The average molecular weight is 231 g/mol. The van der Waals surface area contributed by atoms with Crippen molar-refractivity contribution in [2.75, 3.05) is 6.61 Å².